The normalized spacial score (nSPS) is 13.2. The molecule has 23 heavy (non-hydrogen) atoms. The minimum Gasteiger partial charge on any atom is -0.497 e. The predicted octanol–water partition coefficient (Wildman–Crippen LogP) is 3.65. The van der Waals surface area contributed by atoms with Crippen LogP contribution in [0.4, 0.5) is 0 Å². The first-order chi connectivity index (χ1) is 11.2. The Morgan fingerprint density at radius 3 is 2.17 bits per heavy atom. The van der Waals surface area contributed by atoms with Crippen molar-refractivity contribution in [1.29, 1.82) is 0 Å². The molecular formula is C19H23NO3. The van der Waals surface area contributed by atoms with Gasteiger partial charge in [0.15, 0.2) is 6.10 Å². The molecule has 0 aliphatic rings. The second-order valence-corrected chi connectivity index (χ2v) is 5.27. The second-order valence-electron chi connectivity index (χ2n) is 5.27. The van der Waals surface area contributed by atoms with Crippen LogP contribution in [0.1, 0.15) is 36.6 Å². The smallest absolute Gasteiger partial charge is 0.254 e. The molecule has 2 unspecified atom stereocenters. The molecule has 2 rings (SSSR count). The molecule has 0 radical (unpaired) electrons. The van der Waals surface area contributed by atoms with Gasteiger partial charge in [0, 0.05) is 7.11 Å². The van der Waals surface area contributed by atoms with E-state index >= 15 is 0 Å². The summed E-state index contributed by atoms with van der Waals surface area (Å²) in [5.74, 6) is 0.662. The number of ether oxygens (including phenoxy) is 2. The Hall–Kier alpha value is -2.33. The molecular weight excluding hydrogens is 290 g/mol. The Kier molecular flexibility index (Phi) is 6.18. The van der Waals surface area contributed by atoms with Crippen LogP contribution >= 0.6 is 0 Å². The van der Waals surface area contributed by atoms with E-state index in [2.05, 4.69) is 5.32 Å². The minimum absolute atomic E-state index is 0.0604. The molecule has 0 spiro atoms. The van der Waals surface area contributed by atoms with Gasteiger partial charge in [-0.25, -0.2) is 0 Å². The van der Waals surface area contributed by atoms with Crippen molar-refractivity contribution >= 4 is 5.91 Å². The Morgan fingerprint density at radius 1 is 1.00 bits per heavy atom. The standard InChI is InChI=1S/C19H23NO3/c1-4-17(14-10-12-16(22-2)13-11-14)20-19(21)18(23-3)15-8-6-5-7-9-15/h5-13,17-18H,4H2,1-3H3,(H,20,21). The zero-order chi connectivity index (χ0) is 16.7. The van der Waals surface area contributed by atoms with Crippen LogP contribution in [0.15, 0.2) is 54.6 Å². The van der Waals surface area contributed by atoms with Crippen molar-refractivity contribution < 1.29 is 14.3 Å². The van der Waals surface area contributed by atoms with Gasteiger partial charge in [0.25, 0.3) is 5.91 Å². The maximum absolute atomic E-state index is 12.6. The first-order valence-electron chi connectivity index (χ1n) is 7.71. The highest BCUT2D eigenvalue weighted by Crippen LogP contribution is 2.23. The van der Waals surface area contributed by atoms with Gasteiger partial charge in [-0.1, -0.05) is 49.4 Å². The van der Waals surface area contributed by atoms with E-state index in [1.165, 1.54) is 0 Å². The van der Waals surface area contributed by atoms with E-state index in [1.54, 1.807) is 14.2 Å². The first kappa shape index (κ1) is 17.0. The molecule has 0 heterocycles. The molecule has 0 fully saturated rings. The van der Waals surface area contributed by atoms with Crippen molar-refractivity contribution in [2.45, 2.75) is 25.5 Å². The third kappa shape index (κ3) is 4.33. The van der Waals surface area contributed by atoms with Gasteiger partial charge in [-0.2, -0.15) is 0 Å². The SMILES string of the molecule is CCC(NC(=O)C(OC)c1ccccc1)c1ccc(OC)cc1. The fraction of sp³-hybridized carbons (Fsp3) is 0.316. The Balaban J connectivity index is 2.11. The summed E-state index contributed by atoms with van der Waals surface area (Å²) >= 11 is 0. The number of carbonyl (C=O) groups excluding carboxylic acids is 1. The van der Waals surface area contributed by atoms with E-state index in [0.717, 1.165) is 23.3 Å². The van der Waals surface area contributed by atoms with Crippen molar-refractivity contribution in [2.75, 3.05) is 14.2 Å². The third-order valence-electron chi connectivity index (χ3n) is 3.82. The molecule has 2 aromatic rings. The summed E-state index contributed by atoms with van der Waals surface area (Å²) in [4.78, 5) is 12.6. The van der Waals surface area contributed by atoms with Crippen LogP contribution in [0.5, 0.6) is 5.75 Å². The van der Waals surface area contributed by atoms with E-state index in [4.69, 9.17) is 9.47 Å². The zero-order valence-corrected chi connectivity index (χ0v) is 13.8. The molecule has 1 amide bonds. The number of hydrogen-bond acceptors (Lipinski definition) is 3. The van der Waals surface area contributed by atoms with Crippen LogP contribution in [0, 0.1) is 0 Å². The van der Waals surface area contributed by atoms with Gasteiger partial charge in [0.1, 0.15) is 5.75 Å². The monoisotopic (exact) mass is 313 g/mol. The summed E-state index contributed by atoms with van der Waals surface area (Å²) in [6.07, 6.45) is 0.187. The molecule has 1 N–H and O–H groups in total. The number of benzene rings is 2. The molecule has 0 saturated carbocycles. The lowest BCUT2D eigenvalue weighted by Gasteiger charge is -2.22. The Bertz CT molecular complexity index is 610. The minimum atomic E-state index is -0.608. The van der Waals surface area contributed by atoms with Crippen molar-refractivity contribution in [3.8, 4) is 5.75 Å². The van der Waals surface area contributed by atoms with Gasteiger partial charge < -0.3 is 14.8 Å². The van der Waals surface area contributed by atoms with Gasteiger partial charge in [0.05, 0.1) is 13.2 Å². The van der Waals surface area contributed by atoms with Gasteiger partial charge in [0.2, 0.25) is 0 Å². The van der Waals surface area contributed by atoms with Crippen molar-refractivity contribution in [3.05, 3.63) is 65.7 Å². The highest BCUT2D eigenvalue weighted by molar-refractivity contribution is 5.82. The maximum Gasteiger partial charge on any atom is 0.254 e. The van der Waals surface area contributed by atoms with Crippen molar-refractivity contribution in [1.82, 2.24) is 5.32 Å². The van der Waals surface area contributed by atoms with E-state index in [0.29, 0.717) is 0 Å². The number of methoxy groups -OCH3 is 2. The molecule has 0 aromatic heterocycles. The van der Waals surface area contributed by atoms with Crippen LogP contribution in [-0.4, -0.2) is 20.1 Å². The molecule has 0 aliphatic carbocycles. The maximum atomic E-state index is 12.6. The number of amides is 1. The summed E-state index contributed by atoms with van der Waals surface area (Å²) in [6, 6.07) is 17.2. The molecule has 2 aromatic carbocycles. The third-order valence-corrected chi connectivity index (χ3v) is 3.82. The topological polar surface area (TPSA) is 47.6 Å². The lowest BCUT2D eigenvalue weighted by molar-refractivity contribution is -0.132. The van der Waals surface area contributed by atoms with Crippen LogP contribution in [0.25, 0.3) is 0 Å². The van der Waals surface area contributed by atoms with E-state index in [1.807, 2.05) is 61.5 Å². The molecule has 0 saturated heterocycles. The van der Waals surface area contributed by atoms with Crippen LogP contribution < -0.4 is 10.1 Å². The van der Waals surface area contributed by atoms with Crippen molar-refractivity contribution in [3.63, 3.8) is 0 Å². The first-order valence-corrected chi connectivity index (χ1v) is 7.71. The van der Waals surface area contributed by atoms with Gasteiger partial charge in [-0.15, -0.1) is 0 Å². The fourth-order valence-electron chi connectivity index (χ4n) is 2.53. The average molecular weight is 313 g/mol. The molecule has 0 bridgehead atoms. The number of rotatable bonds is 7. The Morgan fingerprint density at radius 2 is 1.65 bits per heavy atom. The van der Waals surface area contributed by atoms with Gasteiger partial charge in [-0.05, 0) is 29.7 Å². The number of hydrogen-bond donors (Lipinski definition) is 1. The Labute approximate surface area is 137 Å². The van der Waals surface area contributed by atoms with Gasteiger partial charge >= 0.3 is 0 Å². The molecule has 0 aliphatic heterocycles. The molecule has 4 heteroatoms. The lowest BCUT2D eigenvalue weighted by atomic mass is 10.0. The predicted molar refractivity (Wildman–Crippen MR) is 90.4 cm³/mol. The summed E-state index contributed by atoms with van der Waals surface area (Å²) in [5, 5.41) is 3.07. The van der Waals surface area contributed by atoms with Crippen LogP contribution in [0.2, 0.25) is 0 Å². The summed E-state index contributed by atoms with van der Waals surface area (Å²) in [7, 11) is 3.18. The average Bonchev–Trinajstić information content (AvgIpc) is 2.61. The molecule has 4 nitrogen and oxygen atoms in total. The second kappa shape index (κ2) is 8.34. The summed E-state index contributed by atoms with van der Waals surface area (Å²) in [5.41, 5.74) is 1.89. The zero-order valence-electron chi connectivity index (χ0n) is 13.8. The van der Waals surface area contributed by atoms with Crippen LogP contribution in [0.3, 0.4) is 0 Å². The van der Waals surface area contributed by atoms with Crippen molar-refractivity contribution in [2.24, 2.45) is 0 Å². The van der Waals surface area contributed by atoms with Gasteiger partial charge in [-0.3, -0.25) is 4.79 Å². The summed E-state index contributed by atoms with van der Waals surface area (Å²) in [6.45, 7) is 2.04. The number of nitrogens with one attached hydrogen (secondary N) is 1. The van der Waals surface area contributed by atoms with E-state index in [9.17, 15) is 4.79 Å². The highest BCUT2D eigenvalue weighted by Gasteiger charge is 2.22. The number of carbonyl (C=O) groups is 1. The largest absolute Gasteiger partial charge is 0.497 e. The summed E-state index contributed by atoms with van der Waals surface area (Å²) < 4.78 is 10.6. The quantitative estimate of drug-likeness (QED) is 0.849. The van der Waals surface area contributed by atoms with E-state index < -0.39 is 6.10 Å². The van der Waals surface area contributed by atoms with E-state index in [-0.39, 0.29) is 11.9 Å². The fourth-order valence-corrected chi connectivity index (χ4v) is 2.53. The molecule has 2 atom stereocenters. The highest BCUT2D eigenvalue weighted by atomic mass is 16.5. The molecule has 122 valence electrons. The van der Waals surface area contributed by atoms with Crippen LogP contribution in [-0.2, 0) is 9.53 Å². The lowest BCUT2D eigenvalue weighted by Crippen LogP contribution is -2.33.